The first-order valence-electron chi connectivity index (χ1n) is 12.6. The number of nitrogens with two attached hydrogens (primary N) is 1. The molecule has 0 aromatic heterocycles. The predicted molar refractivity (Wildman–Crippen MR) is 121 cm³/mol. The summed E-state index contributed by atoms with van der Waals surface area (Å²) in [6.07, 6.45) is 19.1. The number of allylic oxidation sites excluding steroid dienone is 2. The fourth-order valence-corrected chi connectivity index (χ4v) is 6.22. The zero-order valence-corrected chi connectivity index (χ0v) is 19.6. The summed E-state index contributed by atoms with van der Waals surface area (Å²) in [5, 5.41) is 0. The maximum absolute atomic E-state index is 6.37. The summed E-state index contributed by atoms with van der Waals surface area (Å²) in [5.74, 6) is 4.49. The topological polar surface area (TPSA) is 44.5 Å². The Bertz CT molecular complexity index is 523. The third-order valence-corrected chi connectivity index (χ3v) is 7.78. The lowest BCUT2D eigenvalue weighted by molar-refractivity contribution is -0.156. The van der Waals surface area contributed by atoms with Crippen molar-refractivity contribution < 1.29 is 9.47 Å². The SMILES string of the molecule is CC(OC1=CCCC(C)C(CC(C)(C)N)CCC1)OC1CCC2CCCCC2C1. The van der Waals surface area contributed by atoms with E-state index in [1.807, 2.05) is 0 Å². The first kappa shape index (κ1) is 23.1. The predicted octanol–water partition coefficient (Wildman–Crippen LogP) is 6.95. The summed E-state index contributed by atoms with van der Waals surface area (Å²) in [5.41, 5.74) is 6.26. The van der Waals surface area contributed by atoms with Crippen LogP contribution in [0.3, 0.4) is 0 Å². The van der Waals surface area contributed by atoms with Gasteiger partial charge in [0.15, 0.2) is 6.29 Å². The minimum absolute atomic E-state index is 0.0700. The summed E-state index contributed by atoms with van der Waals surface area (Å²) in [6.45, 7) is 8.84. The monoisotopic (exact) mass is 405 g/mol. The van der Waals surface area contributed by atoms with E-state index in [2.05, 4.69) is 33.8 Å². The van der Waals surface area contributed by atoms with E-state index in [4.69, 9.17) is 15.2 Å². The van der Waals surface area contributed by atoms with Crippen molar-refractivity contribution in [3.8, 4) is 0 Å². The van der Waals surface area contributed by atoms with Gasteiger partial charge in [0.2, 0.25) is 0 Å². The molecule has 0 saturated heterocycles. The van der Waals surface area contributed by atoms with Gasteiger partial charge in [-0.25, -0.2) is 0 Å². The molecule has 3 heteroatoms. The van der Waals surface area contributed by atoms with E-state index in [1.165, 1.54) is 64.2 Å². The summed E-state index contributed by atoms with van der Waals surface area (Å²) in [4.78, 5) is 0. The van der Waals surface area contributed by atoms with Crippen LogP contribution in [0.2, 0.25) is 0 Å². The van der Waals surface area contributed by atoms with Crippen molar-refractivity contribution in [2.24, 2.45) is 29.4 Å². The Balaban J connectivity index is 1.45. The van der Waals surface area contributed by atoms with E-state index in [0.29, 0.717) is 6.10 Å². The molecule has 6 unspecified atom stereocenters. The van der Waals surface area contributed by atoms with Gasteiger partial charge in [-0.05, 0) is 102 Å². The van der Waals surface area contributed by atoms with Gasteiger partial charge in [-0.2, -0.15) is 0 Å². The van der Waals surface area contributed by atoms with E-state index in [-0.39, 0.29) is 11.8 Å². The summed E-state index contributed by atoms with van der Waals surface area (Å²) in [7, 11) is 0. The van der Waals surface area contributed by atoms with Gasteiger partial charge in [0.1, 0.15) is 0 Å². The Morgan fingerprint density at radius 2 is 1.79 bits per heavy atom. The molecule has 6 atom stereocenters. The van der Waals surface area contributed by atoms with Crippen LogP contribution in [0.1, 0.15) is 111 Å². The molecule has 3 aliphatic carbocycles. The fraction of sp³-hybridized carbons (Fsp3) is 0.923. The Hall–Kier alpha value is -0.540. The van der Waals surface area contributed by atoms with Crippen LogP contribution in [0.5, 0.6) is 0 Å². The first-order valence-corrected chi connectivity index (χ1v) is 12.6. The Morgan fingerprint density at radius 3 is 2.55 bits per heavy atom. The quantitative estimate of drug-likeness (QED) is 0.486. The largest absolute Gasteiger partial charge is 0.470 e. The van der Waals surface area contributed by atoms with Gasteiger partial charge >= 0.3 is 0 Å². The number of hydrogen-bond acceptors (Lipinski definition) is 3. The minimum atomic E-state index is -0.122. The summed E-state index contributed by atoms with van der Waals surface area (Å²) < 4.78 is 12.7. The molecule has 2 N–H and O–H groups in total. The molecule has 168 valence electrons. The molecule has 0 aliphatic heterocycles. The highest BCUT2D eigenvalue weighted by Gasteiger charge is 2.33. The van der Waals surface area contributed by atoms with Crippen LogP contribution in [-0.4, -0.2) is 17.9 Å². The average Bonchev–Trinajstić information content (AvgIpc) is 2.72. The molecule has 2 fully saturated rings. The second kappa shape index (κ2) is 10.7. The standard InChI is InChI=1S/C26H47NO2/c1-19-9-7-13-24(14-8-12-23(19)18-26(3,4)27)28-20(2)29-25-16-15-21-10-5-6-11-22(21)17-25/h13,19-23,25H,5-12,14-18,27H2,1-4H3. The Kier molecular flexibility index (Phi) is 8.51. The van der Waals surface area contributed by atoms with Gasteiger partial charge in [-0.15, -0.1) is 0 Å². The lowest BCUT2D eigenvalue weighted by Crippen LogP contribution is -2.36. The van der Waals surface area contributed by atoms with Crippen molar-refractivity contribution >= 4 is 0 Å². The third-order valence-electron chi connectivity index (χ3n) is 7.78. The van der Waals surface area contributed by atoms with Crippen LogP contribution in [-0.2, 0) is 9.47 Å². The van der Waals surface area contributed by atoms with E-state index in [0.717, 1.165) is 48.7 Å². The molecule has 0 aromatic rings. The molecular formula is C26H47NO2. The molecule has 2 saturated carbocycles. The maximum atomic E-state index is 6.37. The molecule has 0 spiro atoms. The first-order chi connectivity index (χ1) is 13.8. The van der Waals surface area contributed by atoms with Gasteiger partial charge in [-0.1, -0.05) is 32.6 Å². The van der Waals surface area contributed by atoms with Crippen molar-refractivity contribution in [1.29, 1.82) is 0 Å². The van der Waals surface area contributed by atoms with Crippen LogP contribution >= 0.6 is 0 Å². The second-order valence-corrected chi connectivity index (χ2v) is 11.1. The lowest BCUT2D eigenvalue weighted by atomic mass is 9.70. The van der Waals surface area contributed by atoms with Crippen LogP contribution in [0.25, 0.3) is 0 Å². The number of hydrogen-bond donors (Lipinski definition) is 1. The van der Waals surface area contributed by atoms with Crippen molar-refractivity contribution in [1.82, 2.24) is 0 Å². The molecule has 0 radical (unpaired) electrons. The van der Waals surface area contributed by atoms with Crippen LogP contribution in [0.15, 0.2) is 11.8 Å². The van der Waals surface area contributed by atoms with Gasteiger partial charge in [0, 0.05) is 12.0 Å². The van der Waals surface area contributed by atoms with E-state index < -0.39 is 0 Å². The van der Waals surface area contributed by atoms with E-state index in [1.54, 1.807) is 0 Å². The third kappa shape index (κ3) is 7.58. The van der Waals surface area contributed by atoms with E-state index in [9.17, 15) is 0 Å². The average molecular weight is 406 g/mol. The zero-order chi connectivity index (χ0) is 20.9. The van der Waals surface area contributed by atoms with Crippen LogP contribution < -0.4 is 5.73 Å². The minimum Gasteiger partial charge on any atom is -0.470 e. The van der Waals surface area contributed by atoms with Crippen molar-refractivity contribution in [2.75, 3.05) is 0 Å². The molecule has 0 bridgehead atoms. The molecule has 29 heavy (non-hydrogen) atoms. The molecule has 3 aliphatic rings. The molecule has 3 nitrogen and oxygen atoms in total. The maximum Gasteiger partial charge on any atom is 0.196 e. The smallest absolute Gasteiger partial charge is 0.196 e. The van der Waals surface area contributed by atoms with Gasteiger partial charge in [-0.3, -0.25) is 0 Å². The molecule has 0 aromatic carbocycles. The van der Waals surface area contributed by atoms with Crippen LogP contribution in [0, 0.1) is 23.7 Å². The summed E-state index contributed by atoms with van der Waals surface area (Å²) >= 11 is 0. The van der Waals surface area contributed by atoms with Crippen molar-refractivity contribution in [2.45, 2.75) is 129 Å². The lowest BCUT2D eigenvalue weighted by Gasteiger charge is -2.39. The van der Waals surface area contributed by atoms with Crippen molar-refractivity contribution in [3.63, 3.8) is 0 Å². The highest BCUT2D eigenvalue weighted by molar-refractivity contribution is 4.96. The van der Waals surface area contributed by atoms with E-state index >= 15 is 0 Å². The molecule has 0 heterocycles. The Morgan fingerprint density at radius 1 is 1.03 bits per heavy atom. The van der Waals surface area contributed by atoms with Crippen LogP contribution in [0.4, 0.5) is 0 Å². The zero-order valence-electron chi connectivity index (χ0n) is 19.6. The second-order valence-electron chi connectivity index (χ2n) is 11.1. The molecule has 0 amide bonds. The number of rotatable bonds is 6. The van der Waals surface area contributed by atoms with Gasteiger partial charge in [0.25, 0.3) is 0 Å². The highest BCUT2D eigenvalue weighted by atomic mass is 16.7. The number of fused-ring (bicyclic) bond motifs is 1. The number of ether oxygens (including phenoxy) is 2. The fourth-order valence-electron chi connectivity index (χ4n) is 6.22. The summed E-state index contributed by atoms with van der Waals surface area (Å²) in [6, 6.07) is 0. The van der Waals surface area contributed by atoms with Gasteiger partial charge < -0.3 is 15.2 Å². The highest BCUT2D eigenvalue weighted by Crippen LogP contribution is 2.41. The normalized spacial score (nSPS) is 35.5. The van der Waals surface area contributed by atoms with Gasteiger partial charge in [0.05, 0.1) is 11.9 Å². The molecular weight excluding hydrogens is 358 g/mol. The van der Waals surface area contributed by atoms with Crippen molar-refractivity contribution in [3.05, 3.63) is 11.8 Å². The molecule has 3 rings (SSSR count). The Labute approximate surface area is 180 Å².